The number of hydrogen-bond donors (Lipinski definition) is 1. The van der Waals surface area contributed by atoms with E-state index in [-0.39, 0.29) is 10.8 Å². The molecule has 134 valence electrons. The van der Waals surface area contributed by atoms with E-state index in [0.717, 1.165) is 5.56 Å². The largest absolute Gasteiger partial charge is 0.497 e. The number of nitrogens with one attached hydrogen (secondary N) is 1. The summed E-state index contributed by atoms with van der Waals surface area (Å²) in [4.78, 5) is 14.1. The molecule has 0 fully saturated rings. The summed E-state index contributed by atoms with van der Waals surface area (Å²) in [5, 5.41) is 0. The molecule has 0 saturated carbocycles. The van der Waals surface area contributed by atoms with Gasteiger partial charge < -0.3 is 14.2 Å². The van der Waals surface area contributed by atoms with E-state index in [4.69, 9.17) is 4.74 Å². The summed E-state index contributed by atoms with van der Waals surface area (Å²) in [5.41, 5.74) is 1.63. The number of nitrogens with zero attached hydrogens (tertiary/aromatic N) is 2. The summed E-state index contributed by atoms with van der Waals surface area (Å²) in [6, 6.07) is 6.54. The first-order valence-electron chi connectivity index (χ1n) is 8.02. The Labute approximate surface area is 147 Å². The van der Waals surface area contributed by atoms with E-state index in [1.54, 1.807) is 41.7 Å². The molecule has 0 radical (unpaired) electrons. The average molecular weight is 363 g/mol. The molecule has 0 spiro atoms. The number of hydrogen-bond acceptors (Lipinski definition) is 4. The highest BCUT2D eigenvalue weighted by molar-refractivity contribution is 7.92. The van der Waals surface area contributed by atoms with Crippen LogP contribution in [0.25, 0.3) is 0 Å². The molecule has 7 nitrogen and oxygen atoms in total. The zero-order valence-electron chi connectivity index (χ0n) is 14.4. The van der Waals surface area contributed by atoms with Crippen molar-refractivity contribution in [2.24, 2.45) is 0 Å². The summed E-state index contributed by atoms with van der Waals surface area (Å²) in [6.45, 7) is 5.48. The number of anilines is 1. The van der Waals surface area contributed by atoms with Crippen LogP contribution in [-0.4, -0.2) is 44.0 Å². The van der Waals surface area contributed by atoms with Crippen molar-refractivity contribution < 1.29 is 17.9 Å². The molecule has 3 rings (SSSR count). The third-order valence-electron chi connectivity index (χ3n) is 4.36. The number of amides is 1. The monoisotopic (exact) mass is 363 g/mol. The van der Waals surface area contributed by atoms with E-state index >= 15 is 0 Å². The standard InChI is InChI=1S/C17H21N3O4S/c1-4-19-7-8-20-11-14(10-16(20)17(19)21)25(22,23)18-15-6-5-13(24-3)9-12(15)2/h5-6,9-11,18H,4,7-8H2,1-3H3. The van der Waals surface area contributed by atoms with Crippen LogP contribution >= 0.6 is 0 Å². The first-order valence-corrected chi connectivity index (χ1v) is 9.51. The molecule has 8 heteroatoms. The number of fused-ring (bicyclic) bond motifs is 1. The van der Waals surface area contributed by atoms with Gasteiger partial charge in [0.05, 0.1) is 12.8 Å². The maximum Gasteiger partial charge on any atom is 0.270 e. The molecular formula is C17H21N3O4S. The zero-order chi connectivity index (χ0) is 18.2. The lowest BCUT2D eigenvalue weighted by Crippen LogP contribution is -2.39. The van der Waals surface area contributed by atoms with Gasteiger partial charge in [0, 0.05) is 25.8 Å². The molecule has 0 aliphatic carbocycles. The molecule has 1 N–H and O–H groups in total. The normalized spacial score (nSPS) is 14.4. The quantitative estimate of drug-likeness (QED) is 0.882. The van der Waals surface area contributed by atoms with E-state index < -0.39 is 10.0 Å². The molecular weight excluding hydrogens is 342 g/mol. The van der Waals surface area contributed by atoms with Crippen molar-refractivity contribution >= 4 is 21.6 Å². The fraction of sp³-hybridized carbons (Fsp3) is 0.353. The lowest BCUT2D eigenvalue weighted by atomic mass is 10.2. The molecule has 0 bridgehead atoms. The van der Waals surface area contributed by atoms with Crippen LogP contribution in [0.4, 0.5) is 5.69 Å². The topological polar surface area (TPSA) is 80.6 Å². The van der Waals surface area contributed by atoms with E-state index in [9.17, 15) is 13.2 Å². The van der Waals surface area contributed by atoms with Gasteiger partial charge in [-0.3, -0.25) is 9.52 Å². The lowest BCUT2D eigenvalue weighted by Gasteiger charge is -2.26. The van der Waals surface area contributed by atoms with E-state index in [0.29, 0.717) is 36.8 Å². The van der Waals surface area contributed by atoms with Crippen molar-refractivity contribution in [2.45, 2.75) is 25.3 Å². The summed E-state index contributed by atoms with van der Waals surface area (Å²) < 4.78 is 34.8. The van der Waals surface area contributed by atoms with Crippen molar-refractivity contribution in [1.82, 2.24) is 9.47 Å². The summed E-state index contributed by atoms with van der Waals surface area (Å²) in [6.07, 6.45) is 1.52. The third kappa shape index (κ3) is 3.21. The number of rotatable bonds is 5. The van der Waals surface area contributed by atoms with Crippen molar-refractivity contribution in [3.05, 3.63) is 41.7 Å². The Morgan fingerprint density at radius 2 is 2.00 bits per heavy atom. The number of aromatic nitrogens is 1. The van der Waals surface area contributed by atoms with E-state index in [2.05, 4.69) is 4.72 Å². The second kappa shape index (κ2) is 6.44. The van der Waals surface area contributed by atoms with Gasteiger partial charge in [-0.25, -0.2) is 8.42 Å². The van der Waals surface area contributed by atoms with Gasteiger partial charge in [0.15, 0.2) is 0 Å². The van der Waals surface area contributed by atoms with Crippen LogP contribution < -0.4 is 9.46 Å². The Hall–Kier alpha value is -2.48. The molecule has 1 aliphatic heterocycles. The van der Waals surface area contributed by atoms with Gasteiger partial charge >= 0.3 is 0 Å². The van der Waals surface area contributed by atoms with Crippen LogP contribution in [0, 0.1) is 6.92 Å². The van der Waals surface area contributed by atoms with Crippen LogP contribution in [0.1, 0.15) is 23.0 Å². The van der Waals surface area contributed by atoms with Crippen molar-refractivity contribution in [1.29, 1.82) is 0 Å². The maximum atomic E-state index is 12.7. The minimum absolute atomic E-state index is 0.0871. The molecule has 1 amide bonds. The molecule has 1 aromatic heterocycles. The fourth-order valence-electron chi connectivity index (χ4n) is 2.87. The predicted molar refractivity (Wildman–Crippen MR) is 94.5 cm³/mol. The maximum absolute atomic E-state index is 12.7. The Kier molecular flexibility index (Phi) is 4.47. The first-order chi connectivity index (χ1) is 11.9. The Bertz CT molecular complexity index is 918. The van der Waals surface area contributed by atoms with Gasteiger partial charge in [0.2, 0.25) is 0 Å². The van der Waals surface area contributed by atoms with Crippen LogP contribution in [-0.2, 0) is 16.6 Å². The molecule has 25 heavy (non-hydrogen) atoms. The second-order valence-corrected chi connectivity index (χ2v) is 7.61. The third-order valence-corrected chi connectivity index (χ3v) is 5.69. The molecule has 0 unspecified atom stereocenters. The van der Waals surface area contributed by atoms with Crippen molar-refractivity contribution in [3.8, 4) is 5.75 Å². The first kappa shape index (κ1) is 17.3. The number of methoxy groups -OCH3 is 1. The number of benzene rings is 1. The van der Waals surface area contributed by atoms with Crippen LogP contribution in [0.2, 0.25) is 0 Å². The highest BCUT2D eigenvalue weighted by atomic mass is 32.2. The van der Waals surface area contributed by atoms with E-state index in [1.807, 2.05) is 6.92 Å². The number of likely N-dealkylation sites (N-methyl/N-ethyl adjacent to an activating group) is 1. The summed E-state index contributed by atoms with van der Waals surface area (Å²) in [7, 11) is -2.22. The number of ether oxygens (including phenoxy) is 1. The highest BCUT2D eigenvalue weighted by Gasteiger charge is 2.27. The Balaban J connectivity index is 1.90. The van der Waals surface area contributed by atoms with Crippen LogP contribution in [0.15, 0.2) is 35.4 Å². The minimum Gasteiger partial charge on any atom is -0.497 e. The highest BCUT2D eigenvalue weighted by Crippen LogP contribution is 2.25. The van der Waals surface area contributed by atoms with Gasteiger partial charge in [-0.05, 0) is 43.7 Å². The number of carbonyl (C=O) groups is 1. The number of sulfonamides is 1. The van der Waals surface area contributed by atoms with Gasteiger partial charge in [0.25, 0.3) is 15.9 Å². The number of aryl methyl sites for hydroxylation is 1. The SMILES string of the molecule is CCN1CCn2cc(S(=O)(=O)Nc3ccc(OC)cc3C)cc2C1=O. The smallest absolute Gasteiger partial charge is 0.270 e. The molecule has 1 aromatic carbocycles. The molecule has 1 aliphatic rings. The van der Waals surface area contributed by atoms with Crippen LogP contribution in [0.5, 0.6) is 5.75 Å². The summed E-state index contributed by atoms with van der Waals surface area (Å²) >= 11 is 0. The second-order valence-electron chi connectivity index (χ2n) is 5.93. The van der Waals surface area contributed by atoms with Crippen molar-refractivity contribution in [3.63, 3.8) is 0 Å². The minimum atomic E-state index is -3.78. The van der Waals surface area contributed by atoms with Crippen LogP contribution in [0.3, 0.4) is 0 Å². The van der Waals surface area contributed by atoms with E-state index in [1.165, 1.54) is 12.3 Å². The van der Waals surface area contributed by atoms with Gasteiger partial charge in [0.1, 0.15) is 16.3 Å². The number of carbonyl (C=O) groups excluding carboxylic acids is 1. The Morgan fingerprint density at radius 1 is 1.24 bits per heavy atom. The molecule has 0 atom stereocenters. The van der Waals surface area contributed by atoms with Gasteiger partial charge in [-0.1, -0.05) is 0 Å². The zero-order valence-corrected chi connectivity index (χ0v) is 15.3. The molecule has 2 heterocycles. The summed E-state index contributed by atoms with van der Waals surface area (Å²) in [5.74, 6) is 0.515. The fourth-order valence-corrected chi connectivity index (χ4v) is 4.04. The average Bonchev–Trinajstić information content (AvgIpc) is 3.03. The predicted octanol–water partition coefficient (Wildman–Crippen LogP) is 2.08. The molecule has 0 saturated heterocycles. The lowest BCUT2D eigenvalue weighted by molar-refractivity contribution is 0.0715. The molecule has 2 aromatic rings. The van der Waals surface area contributed by atoms with Crippen molar-refractivity contribution in [2.75, 3.05) is 24.9 Å². The van der Waals surface area contributed by atoms with Gasteiger partial charge in [-0.15, -0.1) is 0 Å². The van der Waals surface area contributed by atoms with Gasteiger partial charge in [-0.2, -0.15) is 0 Å². The Morgan fingerprint density at radius 3 is 2.64 bits per heavy atom.